The monoisotopic (exact) mass is 440 g/mol. The van der Waals surface area contributed by atoms with Gasteiger partial charge < -0.3 is 18.9 Å². The van der Waals surface area contributed by atoms with Crippen LogP contribution in [0.4, 0.5) is 0 Å². The van der Waals surface area contributed by atoms with Crippen molar-refractivity contribution in [3.05, 3.63) is 52.6 Å². The number of carbonyl (C=O) groups excluding carboxylic acids is 1. The summed E-state index contributed by atoms with van der Waals surface area (Å²) in [6.07, 6.45) is 0. The minimum absolute atomic E-state index is 0. The zero-order chi connectivity index (χ0) is 21.9. The van der Waals surface area contributed by atoms with E-state index in [0.29, 0.717) is 51.1 Å². The van der Waals surface area contributed by atoms with E-state index in [1.54, 1.807) is 0 Å². The fraction of sp³-hybridized carbons (Fsp3) is 0.458. The van der Waals surface area contributed by atoms with Crippen LogP contribution in [0.25, 0.3) is 0 Å². The third-order valence-electron chi connectivity index (χ3n) is 4.50. The van der Waals surface area contributed by atoms with Crippen molar-refractivity contribution < 1.29 is 23.7 Å². The maximum absolute atomic E-state index is 13.1. The first-order valence-corrected chi connectivity index (χ1v) is 11.4. The van der Waals surface area contributed by atoms with Gasteiger partial charge in [0, 0.05) is 30.1 Å². The van der Waals surface area contributed by atoms with Crippen LogP contribution in [0.15, 0.2) is 30.3 Å². The van der Waals surface area contributed by atoms with Crippen molar-refractivity contribution in [3.8, 4) is 11.5 Å². The molecule has 1 unspecified atom stereocenters. The molecule has 0 aliphatic carbocycles. The second-order valence-corrected chi connectivity index (χ2v) is 8.22. The molecule has 166 valence electrons. The molecule has 0 saturated heterocycles. The van der Waals surface area contributed by atoms with Crippen molar-refractivity contribution >= 4 is 38.3 Å². The summed E-state index contributed by atoms with van der Waals surface area (Å²) in [6.45, 7) is 13.2. The van der Waals surface area contributed by atoms with Crippen molar-refractivity contribution in [2.45, 2.75) is 34.6 Å². The van der Waals surface area contributed by atoms with Gasteiger partial charge in [0.15, 0.2) is 5.52 Å². The molecule has 0 spiro atoms. The van der Waals surface area contributed by atoms with Crippen molar-refractivity contribution in [2.75, 3.05) is 39.6 Å². The predicted octanol–water partition coefficient (Wildman–Crippen LogP) is 3.94. The number of rotatable bonds is 13. The van der Waals surface area contributed by atoms with Gasteiger partial charge in [-0.1, -0.05) is 17.7 Å². The Balaban J connectivity index is 0.00000480. The van der Waals surface area contributed by atoms with Gasteiger partial charge in [0.2, 0.25) is 0 Å². The Labute approximate surface area is 200 Å². The van der Waals surface area contributed by atoms with E-state index in [1.165, 1.54) is 5.56 Å². The molecule has 0 aliphatic rings. The van der Waals surface area contributed by atoms with Gasteiger partial charge >= 0.3 is 18.9 Å². The molecular formula is C24H34LiO5P. The Morgan fingerprint density at radius 2 is 1.42 bits per heavy atom. The molecule has 31 heavy (non-hydrogen) atoms. The van der Waals surface area contributed by atoms with Crippen molar-refractivity contribution in [2.24, 2.45) is 0 Å². The van der Waals surface area contributed by atoms with Crippen LogP contribution in [-0.2, 0) is 9.47 Å². The van der Waals surface area contributed by atoms with Crippen LogP contribution in [0.1, 0.15) is 40.9 Å². The molecule has 2 aromatic rings. The summed E-state index contributed by atoms with van der Waals surface area (Å²) in [4.78, 5) is 13.1. The number of aryl methyl sites for hydroxylation is 3. The van der Waals surface area contributed by atoms with E-state index in [2.05, 4.69) is 12.1 Å². The summed E-state index contributed by atoms with van der Waals surface area (Å²) < 4.78 is 22.4. The standard InChI is InChI=1S/C24H33O5P.Li.H/c1-6-26-10-12-28-20-8-9-22(21(16-20)29-13-11-27-7-2)30-24(25)23-18(4)14-17(3)15-19(23)5;;/h8-9,14-16,30H,6-7,10-13H2,1-5H3;;. The Morgan fingerprint density at radius 1 is 0.839 bits per heavy atom. The molecule has 0 amide bonds. The van der Waals surface area contributed by atoms with Crippen LogP contribution < -0.4 is 14.8 Å². The van der Waals surface area contributed by atoms with Crippen LogP contribution in [0, 0.1) is 20.8 Å². The number of ether oxygens (including phenoxy) is 4. The molecule has 0 saturated carbocycles. The average molecular weight is 440 g/mol. The molecule has 0 aromatic heterocycles. The number of hydrogen-bond acceptors (Lipinski definition) is 5. The predicted molar refractivity (Wildman–Crippen MR) is 130 cm³/mol. The number of carbonyl (C=O) groups is 1. The Morgan fingerprint density at radius 3 is 2.00 bits per heavy atom. The molecule has 5 nitrogen and oxygen atoms in total. The molecular weight excluding hydrogens is 406 g/mol. The van der Waals surface area contributed by atoms with Gasteiger partial charge in [-0.25, -0.2) is 0 Å². The molecule has 0 radical (unpaired) electrons. The van der Waals surface area contributed by atoms with Gasteiger partial charge in [-0.05, 0) is 66.5 Å². The van der Waals surface area contributed by atoms with E-state index in [9.17, 15) is 4.79 Å². The second kappa shape index (κ2) is 14.7. The molecule has 0 N–H and O–H groups in total. The van der Waals surface area contributed by atoms with Crippen LogP contribution in [0.3, 0.4) is 0 Å². The van der Waals surface area contributed by atoms with Gasteiger partial charge in [-0.3, -0.25) is 4.79 Å². The van der Waals surface area contributed by atoms with Crippen LogP contribution >= 0.6 is 8.58 Å². The SMILES string of the molecule is CCOCCOc1ccc(PC(=O)c2c(C)cc(C)cc2C)c(OCCOCC)c1.[LiH]. The summed E-state index contributed by atoms with van der Waals surface area (Å²) in [5, 5.41) is 0.869. The summed E-state index contributed by atoms with van der Waals surface area (Å²) in [7, 11) is -0.0300. The Hall–Kier alpha value is -1.34. The number of benzene rings is 2. The van der Waals surface area contributed by atoms with Gasteiger partial charge in [-0.2, -0.15) is 0 Å². The van der Waals surface area contributed by atoms with Gasteiger partial charge in [0.25, 0.3) is 0 Å². The summed E-state index contributed by atoms with van der Waals surface area (Å²) in [5.74, 6) is 1.36. The first kappa shape index (κ1) is 27.7. The number of hydrogen-bond donors (Lipinski definition) is 0. The Kier molecular flexibility index (Phi) is 13.1. The van der Waals surface area contributed by atoms with Gasteiger partial charge in [-0.15, -0.1) is 0 Å². The summed E-state index contributed by atoms with van der Waals surface area (Å²) >= 11 is 0. The first-order valence-electron chi connectivity index (χ1n) is 10.4. The third-order valence-corrected chi connectivity index (χ3v) is 5.65. The van der Waals surface area contributed by atoms with E-state index in [0.717, 1.165) is 22.0 Å². The topological polar surface area (TPSA) is 54.0 Å². The molecule has 0 heterocycles. The fourth-order valence-corrected chi connectivity index (χ4v) is 4.45. The molecule has 0 fully saturated rings. The molecule has 2 rings (SSSR count). The molecule has 1 atom stereocenters. The Bertz CT molecular complexity index is 818. The second-order valence-electron chi connectivity index (χ2n) is 6.98. The van der Waals surface area contributed by atoms with Crippen molar-refractivity contribution in [3.63, 3.8) is 0 Å². The van der Waals surface area contributed by atoms with E-state index in [-0.39, 0.29) is 33.0 Å². The normalized spacial score (nSPS) is 10.9. The molecule has 0 aliphatic heterocycles. The van der Waals surface area contributed by atoms with Gasteiger partial charge in [0.05, 0.1) is 13.2 Å². The van der Waals surface area contributed by atoms with E-state index >= 15 is 0 Å². The van der Waals surface area contributed by atoms with E-state index < -0.39 is 0 Å². The third kappa shape index (κ3) is 8.97. The summed E-state index contributed by atoms with van der Waals surface area (Å²) in [5.41, 5.74) is 4.11. The zero-order valence-corrected chi connectivity index (χ0v) is 19.7. The fourth-order valence-electron chi connectivity index (χ4n) is 3.26. The summed E-state index contributed by atoms with van der Waals surface area (Å²) in [6, 6.07) is 9.76. The zero-order valence-electron chi connectivity index (χ0n) is 18.7. The average Bonchev–Trinajstić information content (AvgIpc) is 2.69. The van der Waals surface area contributed by atoms with E-state index in [1.807, 2.05) is 52.8 Å². The van der Waals surface area contributed by atoms with Crippen LogP contribution in [-0.4, -0.2) is 64.0 Å². The van der Waals surface area contributed by atoms with Crippen molar-refractivity contribution in [1.29, 1.82) is 0 Å². The van der Waals surface area contributed by atoms with Gasteiger partial charge in [0.1, 0.15) is 24.7 Å². The molecule has 7 heteroatoms. The van der Waals surface area contributed by atoms with Crippen LogP contribution in [0.2, 0.25) is 0 Å². The van der Waals surface area contributed by atoms with Crippen LogP contribution in [0.5, 0.6) is 11.5 Å². The molecule has 0 bridgehead atoms. The maximum atomic E-state index is 13.1. The van der Waals surface area contributed by atoms with Crippen molar-refractivity contribution in [1.82, 2.24) is 0 Å². The molecule has 2 aromatic carbocycles. The van der Waals surface area contributed by atoms with E-state index in [4.69, 9.17) is 18.9 Å². The first-order chi connectivity index (χ1) is 14.5. The minimum atomic E-state index is -0.0300. The quantitative estimate of drug-likeness (QED) is 0.268.